The Morgan fingerprint density at radius 3 is 2.67 bits per heavy atom. The molecule has 0 bridgehead atoms. The van der Waals surface area contributed by atoms with Crippen LogP contribution in [0, 0.1) is 0 Å². The number of halogens is 3. The summed E-state index contributed by atoms with van der Waals surface area (Å²) in [5.41, 5.74) is 3.87. The third kappa shape index (κ3) is 2.15. The van der Waals surface area contributed by atoms with Crippen molar-refractivity contribution in [2.45, 2.75) is 12.3 Å². The summed E-state index contributed by atoms with van der Waals surface area (Å²) in [5, 5.41) is 8.78. The maximum Gasteiger partial charge on any atom is 0.336 e. The van der Waals surface area contributed by atoms with Gasteiger partial charge in [0.05, 0.1) is 11.1 Å². The second-order valence-electron chi connectivity index (χ2n) is 2.70. The van der Waals surface area contributed by atoms with Crippen LogP contribution in [0.15, 0.2) is 6.20 Å². The Hall–Kier alpha value is -1.43. The summed E-state index contributed by atoms with van der Waals surface area (Å²) in [6, 6.07) is 0. The van der Waals surface area contributed by atoms with Crippen LogP contribution in [-0.2, 0) is 5.88 Å². The second kappa shape index (κ2) is 4.39. The SMILES string of the molecule is Nc1ncc(CCl)c(C(=O)O)c1C(F)F. The zero-order chi connectivity index (χ0) is 11.6. The van der Waals surface area contributed by atoms with Gasteiger partial charge in [-0.15, -0.1) is 11.6 Å². The van der Waals surface area contributed by atoms with E-state index in [1.54, 1.807) is 0 Å². The summed E-state index contributed by atoms with van der Waals surface area (Å²) in [7, 11) is 0. The number of carboxylic acids is 1. The molecule has 0 aliphatic heterocycles. The van der Waals surface area contributed by atoms with Gasteiger partial charge in [0.25, 0.3) is 6.43 Å². The minimum atomic E-state index is -2.99. The van der Waals surface area contributed by atoms with Gasteiger partial charge in [-0.05, 0) is 0 Å². The van der Waals surface area contributed by atoms with E-state index in [0.29, 0.717) is 0 Å². The van der Waals surface area contributed by atoms with Crippen molar-refractivity contribution in [3.05, 3.63) is 22.9 Å². The monoisotopic (exact) mass is 236 g/mol. The predicted molar refractivity (Wildman–Crippen MR) is 50.1 cm³/mol. The lowest BCUT2D eigenvalue weighted by Crippen LogP contribution is -2.11. The third-order valence-corrected chi connectivity index (χ3v) is 2.09. The standard InChI is InChI=1S/C8H7ClF2N2O2/c9-1-3-2-13-7(12)5(6(10)11)4(3)8(14)15/h2,6H,1H2,(H2,12,13)(H,14,15). The molecule has 0 spiro atoms. The first-order chi connectivity index (χ1) is 6.99. The highest BCUT2D eigenvalue weighted by Gasteiger charge is 2.24. The number of anilines is 1. The first-order valence-electron chi connectivity index (χ1n) is 3.83. The molecular formula is C8H7ClF2N2O2. The van der Waals surface area contributed by atoms with Gasteiger partial charge < -0.3 is 10.8 Å². The van der Waals surface area contributed by atoms with Gasteiger partial charge in [0.2, 0.25) is 0 Å². The molecular weight excluding hydrogens is 230 g/mol. The van der Waals surface area contributed by atoms with Crippen LogP contribution in [-0.4, -0.2) is 16.1 Å². The van der Waals surface area contributed by atoms with Crippen molar-refractivity contribution >= 4 is 23.4 Å². The number of hydrogen-bond acceptors (Lipinski definition) is 3. The van der Waals surface area contributed by atoms with Crippen molar-refractivity contribution in [2.75, 3.05) is 5.73 Å². The third-order valence-electron chi connectivity index (χ3n) is 1.80. The van der Waals surface area contributed by atoms with Gasteiger partial charge >= 0.3 is 5.97 Å². The first-order valence-corrected chi connectivity index (χ1v) is 4.37. The zero-order valence-electron chi connectivity index (χ0n) is 7.38. The lowest BCUT2D eigenvalue weighted by atomic mass is 10.0. The fourth-order valence-electron chi connectivity index (χ4n) is 1.16. The summed E-state index contributed by atoms with van der Waals surface area (Å²) in [6.45, 7) is 0. The van der Waals surface area contributed by atoms with Crippen molar-refractivity contribution in [3.8, 4) is 0 Å². The Balaban J connectivity index is 3.51. The van der Waals surface area contributed by atoms with E-state index in [0.717, 1.165) is 6.20 Å². The molecule has 1 aromatic heterocycles. The topological polar surface area (TPSA) is 76.2 Å². The number of alkyl halides is 3. The van der Waals surface area contributed by atoms with Gasteiger partial charge in [-0.25, -0.2) is 18.6 Å². The van der Waals surface area contributed by atoms with Crippen molar-refractivity contribution < 1.29 is 18.7 Å². The lowest BCUT2D eigenvalue weighted by Gasteiger charge is -2.10. The van der Waals surface area contributed by atoms with Crippen molar-refractivity contribution in [1.29, 1.82) is 0 Å². The van der Waals surface area contributed by atoms with Crippen LogP contribution >= 0.6 is 11.6 Å². The molecule has 0 aliphatic carbocycles. The maximum absolute atomic E-state index is 12.5. The molecule has 3 N–H and O–H groups in total. The van der Waals surface area contributed by atoms with Crippen molar-refractivity contribution in [3.63, 3.8) is 0 Å². The minimum absolute atomic E-state index is 0.0219. The Morgan fingerprint density at radius 2 is 2.27 bits per heavy atom. The Kier molecular flexibility index (Phi) is 3.41. The highest BCUT2D eigenvalue weighted by molar-refractivity contribution is 6.17. The maximum atomic E-state index is 12.5. The van der Waals surface area contributed by atoms with Crippen LogP contribution in [0.5, 0.6) is 0 Å². The largest absolute Gasteiger partial charge is 0.478 e. The van der Waals surface area contributed by atoms with Crippen molar-refractivity contribution in [1.82, 2.24) is 4.98 Å². The molecule has 0 aromatic carbocycles. The number of nitrogens with two attached hydrogens (primary N) is 1. The van der Waals surface area contributed by atoms with Crippen LogP contribution in [0.4, 0.5) is 14.6 Å². The fraction of sp³-hybridized carbons (Fsp3) is 0.250. The van der Waals surface area contributed by atoms with Crippen LogP contribution < -0.4 is 5.73 Å². The fourth-order valence-corrected chi connectivity index (χ4v) is 1.36. The number of carbonyl (C=O) groups is 1. The number of pyridine rings is 1. The molecule has 4 nitrogen and oxygen atoms in total. The average Bonchev–Trinajstić information content (AvgIpc) is 2.16. The second-order valence-corrected chi connectivity index (χ2v) is 2.96. The number of rotatable bonds is 3. The molecule has 1 heterocycles. The summed E-state index contributed by atoms with van der Waals surface area (Å²) in [5.74, 6) is -2.19. The van der Waals surface area contributed by atoms with Crippen LogP contribution in [0.3, 0.4) is 0 Å². The van der Waals surface area contributed by atoms with Gasteiger partial charge in [-0.2, -0.15) is 0 Å². The van der Waals surface area contributed by atoms with E-state index in [2.05, 4.69) is 4.98 Å². The summed E-state index contributed by atoms with van der Waals surface area (Å²) < 4.78 is 25.1. The van der Waals surface area contributed by atoms with E-state index >= 15 is 0 Å². The van der Waals surface area contributed by atoms with E-state index < -0.39 is 29.3 Å². The number of carboxylic acid groups (broad SMARTS) is 1. The molecule has 0 atom stereocenters. The highest BCUT2D eigenvalue weighted by Crippen LogP contribution is 2.30. The molecule has 0 aliphatic rings. The van der Waals surface area contributed by atoms with E-state index in [4.69, 9.17) is 22.4 Å². The smallest absolute Gasteiger partial charge is 0.336 e. The molecule has 0 amide bonds. The Labute approximate surface area is 88.7 Å². The number of nitrogen functional groups attached to an aromatic ring is 1. The molecule has 1 rings (SSSR count). The Bertz CT molecular complexity index is 398. The molecule has 0 saturated carbocycles. The van der Waals surface area contributed by atoms with Crippen LogP contribution in [0.25, 0.3) is 0 Å². The Morgan fingerprint density at radius 1 is 1.67 bits per heavy atom. The van der Waals surface area contributed by atoms with Crippen LogP contribution in [0.1, 0.15) is 27.9 Å². The molecule has 1 aromatic rings. The van der Waals surface area contributed by atoms with E-state index in [1.165, 1.54) is 0 Å². The van der Waals surface area contributed by atoms with Crippen LogP contribution in [0.2, 0.25) is 0 Å². The summed E-state index contributed by atoms with van der Waals surface area (Å²) >= 11 is 5.42. The molecule has 7 heteroatoms. The molecule has 0 unspecified atom stereocenters. The number of aromatic nitrogens is 1. The number of aromatic carboxylic acids is 1. The van der Waals surface area contributed by atoms with E-state index in [1.807, 2.05) is 0 Å². The van der Waals surface area contributed by atoms with Gasteiger partial charge in [0, 0.05) is 17.6 Å². The first kappa shape index (κ1) is 11.6. The van der Waals surface area contributed by atoms with Gasteiger partial charge in [-0.3, -0.25) is 0 Å². The number of nitrogens with zero attached hydrogens (tertiary/aromatic N) is 1. The van der Waals surface area contributed by atoms with Gasteiger partial charge in [0.15, 0.2) is 0 Å². The van der Waals surface area contributed by atoms with E-state index in [9.17, 15) is 13.6 Å². The molecule has 0 saturated heterocycles. The highest BCUT2D eigenvalue weighted by atomic mass is 35.5. The van der Waals surface area contributed by atoms with Crippen molar-refractivity contribution in [2.24, 2.45) is 0 Å². The molecule has 82 valence electrons. The molecule has 0 radical (unpaired) electrons. The minimum Gasteiger partial charge on any atom is -0.478 e. The zero-order valence-corrected chi connectivity index (χ0v) is 8.13. The van der Waals surface area contributed by atoms with E-state index in [-0.39, 0.29) is 11.4 Å². The quantitative estimate of drug-likeness (QED) is 0.788. The molecule has 15 heavy (non-hydrogen) atoms. The molecule has 0 fully saturated rings. The number of hydrogen-bond donors (Lipinski definition) is 2. The predicted octanol–water partition coefficient (Wildman–Crippen LogP) is 2.04. The summed E-state index contributed by atoms with van der Waals surface area (Å²) in [4.78, 5) is 14.2. The van der Waals surface area contributed by atoms with Gasteiger partial charge in [0.1, 0.15) is 5.82 Å². The normalized spacial score (nSPS) is 10.7. The lowest BCUT2D eigenvalue weighted by molar-refractivity contribution is 0.0683. The summed E-state index contributed by atoms with van der Waals surface area (Å²) in [6.07, 6.45) is -1.91. The average molecular weight is 237 g/mol. The van der Waals surface area contributed by atoms with Gasteiger partial charge in [-0.1, -0.05) is 0 Å².